The molecule has 1 atom stereocenters. The van der Waals surface area contributed by atoms with Crippen molar-refractivity contribution in [1.29, 1.82) is 0 Å². The highest BCUT2D eigenvalue weighted by atomic mass is 16.3. The maximum absolute atomic E-state index is 12.5. The van der Waals surface area contributed by atoms with Gasteiger partial charge in [0.05, 0.1) is 5.41 Å². The quantitative estimate of drug-likeness (QED) is 0.759. The number of hydrogen-bond donors (Lipinski definition) is 2. The molecule has 17 heavy (non-hydrogen) atoms. The average molecular weight is 240 g/mol. The van der Waals surface area contributed by atoms with Crippen LogP contribution in [0, 0.1) is 17.3 Å². The summed E-state index contributed by atoms with van der Waals surface area (Å²) in [6, 6.07) is 0. The Morgan fingerprint density at radius 3 is 2.76 bits per heavy atom. The fourth-order valence-corrected chi connectivity index (χ4v) is 3.44. The summed E-state index contributed by atoms with van der Waals surface area (Å²) in [5.41, 5.74) is 5.53. The van der Waals surface area contributed by atoms with Gasteiger partial charge in [-0.3, -0.25) is 4.79 Å². The molecule has 4 heteroatoms. The van der Waals surface area contributed by atoms with Crippen LogP contribution in [0.5, 0.6) is 0 Å². The van der Waals surface area contributed by atoms with Crippen molar-refractivity contribution in [3.63, 3.8) is 0 Å². The zero-order chi connectivity index (χ0) is 12.5. The molecule has 1 saturated carbocycles. The smallest absolute Gasteiger partial charge is 0.230 e. The Labute approximate surface area is 103 Å². The number of piperidine rings is 1. The predicted molar refractivity (Wildman–Crippen MR) is 66.3 cm³/mol. The maximum Gasteiger partial charge on any atom is 0.230 e. The second kappa shape index (κ2) is 4.94. The lowest BCUT2D eigenvalue weighted by Gasteiger charge is -2.48. The normalized spacial score (nSPS) is 37.7. The summed E-state index contributed by atoms with van der Waals surface area (Å²) >= 11 is 0. The molecule has 4 nitrogen and oxygen atoms in total. The largest absolute Gasteiger partial charge is 0.396 e. The van der Waals surface area contributed by atoms with Gasteiger partial charge in [0, 0.05) is 26.2 Å². The molecule has 98 valence electrons. The number of likely N-dealkylation sites (tertiary alicyclic amines) is 1. The highest BCUT2D eigenvalue weighted by Gasteiger charge is 2.49. The SMILES string of the molecule is CC1CC(CN)(C(=O)N2CCCC(CO)C2)C1. The first-order chi connectivity index (χ1) is 8.11. The number of amides is 1. The maximum atomic E-state index is 12.5. The summed E-state index contributed by atoms with van der Waals surface area (Å²) in [6.45, 7) is 4.39. The Kier molecular flexibility index (Phi) is 3.73. The van der Waals surface area contributed by atoms with Crippen LogP contribution in [-0.4, -0.2) is 42.2 Å². The number of aliphatic hydroxyl groups is 1. The minimum atomic E-state index is -0.281. The van der Waals surface area contributed by atoms with E-state index in [1.807, 2.05) is 4.90 Å². The number of carbonyl (C=O) groups is 1. The van der Waals surface area contributed by atoms with Gasteiger partial charge < -0.3 is 15.7 Å². The first kappa shape index (κ1) is 12.8. The van der Waals surface area contributed by atoms with Gasteiger partial charge >= 0.3 is 0 Å². The second-order valence-corrected chi connectivity index (χ2v) is 5.94. The van der Waals surface area contributed by atoms with E-state index in [0.29, 0.717) is 19.0 Å². The van der Waals surface area contributed by atoms with E-state index >= 15 is 0 Å². The minimum absolute atomic E-state index is 0.190. The molecular formula is C13H24N2O2. The van der Waals surface area contributed by atoms with E-state index in [4.69, 9.17) is 5.73 Å². The molecule has 1 unspecified atom stereocenters. The Bertz CT molecular complexity index is 287. The number of rotatable bonds is 3. The number of aliphatic hydroxyl groups excluding tert-OH is 1. The second-order valence-electron chi connectivity index (χ2n) is 5.94. The highest BCUT2D eigenvalue weighted by molar-refractivity contribution is 5.84. The van der Waals surface area contributed by atoms with Crippen LogP contribution in [0.15, 0.2) is 0 Å². The summed E-state index contributed by atoms with van der Waals surface area (Å²) < 4.78 is 0. The van der Waals surface area contributed by atoms with E-state index < -0.39 is 0 Å². The van der Waals surface area contributed by atoms with Crippen LogP contribution in [0.4, 0.5) is 0 Å². The van der Waals surface area contributed by atoms with Crippen LogP contribution in [0.25, 0.3) is 0 Å². The summed E-state index contributed by atoms with van der Waals surface area (Å²) in [5.74, 6) is 1.12. The Hall–Kier alpha value is -0.610. The van der Waals surface area contributed by atoms with Gasteiger partial charge in [-0.05, 0) is 37.5 Å². The zero-order valence-corrected chi connectivity index (χ0v) is 10.7. The minimum Gasteiger partial charge on any atom is -0.396 e. The van der Waals surface area contributed by atoms with Crippen molar-refractivity contribution < 1.29 is 9.90 Å². The van der Waals surface area contributed by atoms with Crippen molar-refractivity contribution in [2.45, 2.75) is 32.6 Å². The molecule has 2 rings (SSSR count). The first-order valence-electron chi connectivity index (χ1n) is 6.71. The van der Waals surface area contributed by atoms with E-state index in [9.17, 15) is 9.90 Å². The van der Waals surface area contributed by atoms with E-state index in [1.54, 1.807) is 0 Å². The average Bonchev–Trinajstić information content (AvgIpc) is 2.34. The molecule has 1 heterocycles. The molecule has 3 N–H and O–H groups in total. The lowest BCUT2D eigenvalue weighted by atomic mass is 9.61. The van der Waals surface area contributed by atoms with Crippen molar-refractivity contribution in [3.8, 4) is 0 Å². The molecule has 1 saturated heterocycles. The Morgan fingerprint density at radius 2 is 2.24 bits per heavy atom. The van der Waals surface area contributed by atoms with Crippen LogP contribution in [0.2, 0.25) is 0 Å². The summed E-state index contributed by atoms with van der Waals surface area (Å²) in [7, 11) is 0. The molecule has 2 fully saturated rings. The van der Waals surface area contributed by atoms with Crippen LogP contribution in [0.3, 0.4) is 0 Å². The standard InChI is InChI=1S/C13H24N2O2/c1-10-5-13(6-10,9-14)12(17)15-4-2-3-11(7-15)8-16/h10-11,16H,2-9,14H2,1H3. The molecule has 1 amide bonds. The van der Waals surface area contributed by atoms with Gasteiger partial charge in [-0.15, -0.1) is 0 Å². The lowest BCUT2D eigenvalue weighted by molar-refractivity contribution is -0.151. The predicted octanol–water partition coefficient (Wildman–Crippen LogP) is 0.592. The number of carbonyl (C=O) groups excluding carboxylic acids is 1. The molecule has 0 aromatic heterocycles. The number of hydrogen-bond acceptors (Lipinski definition) is 3. The zero-order valence-electron chi connectivity index (χ0n) is 10.7. The van der Waals surface area contributed by atoms with Gasteiger partial charge in [0.1, 0.15) is 0 Å². The lowest BCUT2D eigenvalue weighted by Crippen LogP contribution is -2.56. The fraction of sp³-hybridized carbons (Fsp3) is 0.923. The van der Waals surface area contributed by atoms with Crippen molar-refractivity contribution in [1.82, 2.24) is 4.90 Å². The van der Waals surface area contributed by atoms with Crippen molar-refractivity contribution in [2.24, 2.45) is 23.0 Å². The van der Waals surface area contributed by atoms with Crippen molar-refractivity contribution in [2.75, 3.05) is 26.2 Å². The third-order valence-electron chi connectivity index (χ3n) is 4.39. The van der Waals surface area contributed by atoms with E-state index in [-0.39, 0.29) is 23.8 Å². The Balaban J connectivity index is 1.99. The van der Waals surface area contributed by atoms with E-state index in [2.05, 4.69) is 6.92 Å². The highest BCUT2D eigenvalue weighted by Crippen LogP contribution is 2.46. The molecule has 0 aromatic carbocycles. The molecule has 0 radical (unpaired) electrons. The molecule has 0 spiro atoms. The van der Waals surface area contributed by atoms with Crippen molar-refractivity contribution >= 4 is 5.91 Å². The van der Waals surface area contributed by atoms with Crippen molar-refractivity contribution in [3.05, 3.63) is 0 Å². The third-order valence-corrected chi connectivity index (χ3v) is 4.39. The number of nitrogens with zero attached hydrogens (tertiary/aromatic N) is 1. The van der Waals surface area contributed by atoms with Gasteiger partial charge in [-0.25, -0.2) is 0 Å². The third kappa shape index (κ3) is 2.33. The first-order valence-corrected chi connectivity index (χ1v) is 6.71. The van der Waals surface area contributed by atoms with E-state index in [1.165, 1.54) is 0 Å². The Morgan fingerprint density at radius 1 is 1.53 bits per heavy atom. The summed E-state index contributed by atoms with van der Waals surface area (Å²) in [6.07, 6.45) is 3.91. The van der Waals surface area contributed by atoms with Crippen LogP contribution >= 0.6 is 0 Å². The summed E-state index contributed by atoms with van der Waals surface area (Å²) in [4.78, 5) is 14.4. The van der Waals surface area contributed by atoms with Gasteiger partial charge in [-0.2, -0.15) is 0 Å². The molecular weight excluding hydrogens is 216 g/mol. The molecule has 1 aliphatic carbocycles. The van der Waals surface area contributed by atoms with Crippen LogP contribution in [0.1, 0.15) is 32.6 Å². The van der Waals surface area contributed by atoms with Gasteiger partial charge in [0.25, 0.3) is 0 Å². The summed E-state index contributed by atoms with van der Waals surface area (Å²) in [5, 5.41) is 9.20. The van der Waals surface area contributed by atoms with Gasteiger partial charge in [0.15, 0.2) is 0 Å². The van der Waals surface area contributed by atoms with Crippen LogP contribution in [-0.2, 0) is 4.79 Å². The van der Waals surface area contributed by atoms with Gasteiger partial charge in [-0.1, -0.05) is 6.92 Å². The fourth-order valence-electron chi connectivity index (χ4n) is 3.44. The number of nitrogens with two attached hydrogens (primary N) is 1. The van der Waals surface area contributed by atoms with E-state index in [0.717, 1.165) is 32.2 Å². The van der Waals surface area contributed by atoms with Crippen LogP contribution < -0.4 is 5.73 Å². The van der Waals surface area contributed by atoms with Gasteiger partial charge in [0.2, 0.25) is 5.91 Å². The molecule has 1 aliphatic heterocycles. The monoisotopic (exact) mass is 240 g/mol. The molecule has 0 aromatic rings. The molecule has 2 aliphatic rings. The molecule has 0 bridgehead atoms. The topological polar surface area (TPSA) is 66.6 Å².